The quantitative estimate of drug-likeness (QED) is 0.145. The summed E-state index contributed by atoms with van der Waals surface area (Å²) >= 11 is 0. The van der Waals surface area contributed by atoms with Crippen molar-refractivity contribution in [2.24, 2.45) is 0 Å². The molecule has 0 aliphatic carbocycles. The number of para-hydroxylation sites is 3. The highest BCUT2D eigenvalue weighted by Crippen LogP contribution is 2.42. The third kappa shape index (κ3) is 5.00. The second kappa shape index (κ2) is 12.6. The van der Waals surface area contributed by atoms with E-state index in [2.05, 4.69) is 206 Å². The van der Waals surface area contributed by atoms with Crippen LogP contribution in [0, 0.1) is 0 Å². The first-order chi connectivity index (χ1) is 26.8. The van der Waals surface area contributed by atoms with Crippen LogP contribution in [0.15, 0.2) is 182 Å². The Bertz CT molecular complexity index is 2940. The van der Waals surface area contributed by atoms with Crippen molar-refractivity contribution in [2.45, 2.75) is 18.5 Å². The van der Waals surface area contributed by atoms with Gasteiger partial charge in [-0.15, -0.1) is 0 Å². The van der Waals surface area contributed by atoms with E-state index in [-0.39, 0.29) is 18.5 Å². The summed E-state index contributed by atoms with van der Waals surface area (Å²) in [7, 11) is 0. The van der Waals surface area contributed by atoms with Crippen LogP contribution in [0.2, 0.25) is 0 Å². The van der Waals surface area contributed by atoms with E-state index >= 15 is 0 Å². The van der Waals surface area contributed by atoms with Crippen molar-refractivity contribution in [2.75, 3.05) is 6.54 Å². The van der Waals surface area contributed by atoms with Crippen LogP contribution in [0.1, 0.15) is 23.5 Å². The summed E-state index contributed by atoms with van der Waals surface area (Å²) in [6.45, 7) is 0.697. The summed E-state index contributed by atoms with van der Waals surface area (Å²) in [6.07, 6.45) is 4.40. The van der Waals surface area contributed by atoms with Gasteiger partial charge in [-0.2, -0.15) is 0 Å². The van der Waals surface area contributed by atoms with Gasteiger partial charge in [0.25, 0.3) is 0 Å². The molecule has 1 fully saturated rings. The van der Waals surface area contributed by atoms with Gasteiger partial charge in [0.2, 0.25) is 0 Å². The third-order valence-electron chi connectivity index (χ3n) is 11.3. The van der Waals surface area contributed by atoms with Gasteiger partial charge in [0, 0.05) is 33.8 Å². The maximum atomic E-state index is 3.90. The van der Waals surface area contributed by atoms with Crippen LogP contribution in [0.4, 0.5) is 0 Å². The Morgan fingerprint density at radius 1 is 0.444 bits per heavy atom. The maximum Gasteiger partial charge on any atom is 0.111 e. The summed E-state index contributed by atoms with van der Waals surface area (Å²) in [5.74, 6) is 1.06. The monoisotopic (exact) mass is 698 g/mol. The van der Waals surface area contributed by atoms with E-state index in [1.54, 1.807) is 0 Å². The van der Waals surface area contributed by atoms with E-state index in [0.29, 0.717) is 6.54 Å². The molecular formula is C48H38N6. The number of rotatable bonds is 5. The minimum absolute atomic E-state index is 0.0312. The van der Waals surface area contributed by atoms with Crippen LogP contribution >= 0.6 is 0 Å². The molecule has 9 aromatic rings. The number of aromatic nitrogens is 2. The van der Waals surface area contributed by atoms with E-state index in [0.717, 1.165) is 11.5 Å². The van der Waals surface area contributed by atoms with Crippen LogP contribution in [-0.2, 0) is 0 Å². The molecular weight excluding hydrogens is 661 g/mol. The number of hydrogen-bond donors (Lipinski definition) is 4. The van der Waals surface area contributed by atoms with Gasteiger partial charge in [0.1, 0.15) is 5.82 Å². The normalized spacial score (nSPS) is 19.0. The summed E-state index contributed by atoms with van der Waals surface area (Å²) < 4.78 is 4.84. The van der Waals surface area contributed by atoms with Gasteiger partial charge < -0.3 is 9.88 Å². The van der Waals surface area contributed by atoms with Crippen LogP contribution < -0.4 is 21.3 Å². The minimum Gasteiger partial charge on any atom is -0.367 e. The standard InChI is InChI=1S/C48H38N6/c1-3-14-32(15-4-1)46-50-47(34-24-23-31-13-7-8-16-33(31)29-34)52-48(51-46)35-25-28-43(49-30-35)54-41-22-12-10-20-39(41)44-42(54)27-26-38-37-19-9-11-21-40(37)53(45(38)44)36-17-5-2-6-18-36/h1-29,46-52H,30H2. The highest BCUT2D eigenvalue weighted by Gasteiger charge is 2.31. The van der Waals surface area contributed by atoms with Crippen LogP contribution in [0.5, 0.6) is 0 Å². The molecule has 0 spiro atoms. The zero-order valence-electron chi connectivity index (χ0n) is 29.6. The number of benzene rings is 7. The van der Waals surface area contributed by atoms with E-state index in [1.165, 1.54) is 71.1 Å². The zero-order valence-corrected chi connectivity index (χ0v) is 29.6. The largest absolute Gasteiger partial charge is 0.367 e. The Balaban J connectivity index is 1.03. The summed E-state index contributed by atoms with van der Waals surface area (Å²) in [5, 5.41) is 23.0. The van der Waals surface area contributed by atoms with Gasteiger partial charge in [0.05, 0.1) is 40.6 Å². The van der Waals surface area contributed by atoms with Gasteiger partial charge in [-0.05, 0) is 69.9 Å². The van der Waals surface area contributed by atoms with E-state index in [9.17, 15) is 0 Å². The number of nitrogens with zero attached hydrogens (tertiary/aromatic N) is 2. The second-order valence-corrected chi connectivity index (χ2v) is 14.4. The van der Waals surface area contributed by atoms with Crippen LogP contribution in [0.3, 0.4) is 0 Å². The molecule has 6 nitrogen and oxygen atoms in total. The summed E-state index contributed by atoms with van der Waals surface area (Å²) in [6, 6.07) is 58.9. The average molecular weight is 699 g/mol. The Morgan fingerprint density at radius 3 is 1.87 bits per heavy atom. The van der Waals surface area contributed by atoms with Gasteiger partial charge in [-0.3, -0.25) is 20.5 Å². The fourth-order valence-electron chi connectivity index (χ4n) is 8.74. The molecule has 2 aliphatic rings. The minimum atomic E-state index is -0.0578. The molecule has 2 aliphatic heterocycles. The van der Waals surface area contributed by atoms with Crippen LogP contribution in [-0.4, -0.2) is 21.8 Å². The molecule has 54 heavy (non-hydrogen) atoms. The van der Waals surface area contributed by atoms with Gasteiger partial charge >= 0.3 is 0 Å². The molecule has 3 atom stereocenters. The van der Waals surface area contributed by atoms with Gasteiger partial charge in [-0.25, -0.2) is 0 Å². The molecule has 3 unspecified atom stereocenters. The third-order valence-corrected chi connectivity index (χ3v) is 11.3. The zero-order chi connectivity index (χ0) is 35.6. The van der Waals surface area contributed by atoms with Gasteiger partial charge in [-0.1, -0.05) is 133 Å². The molecule has 11 rings (SSSR count). The van der Waals surface area contributed by atoms with Crippen molar-refractivity contribution in [1.82, 2.24) is 30.4 Å². The van der Waals surface area contributed by atoms with Crippen molar-refractivity contribution in [3.8, 4) is 5.69 Å². The molecule has 0 amide bonds. The molecule has 0 radical (unpaired) electrons. The molecule has 4 heterocycles. The Hall–Kier alpha value is -6.44. The molecule has 0 saturated carbocycles. The number of hydrogen-bond acceptors (Lipinski definition) is 4. The Kier molecular flexibility index (Phi) is 7.26. The van der Waals surface area contributed by atoms with Crippen molar-refractivity contribution in [3.63, 3.8) is 0 Å². The molecule has 1 saturated heterocycles. The lowest BCUT2D eigenvalue weighted by Gasteiger charge is -2.41. The fourth-order valence-corrected chi connectivity index (χ4v) is 8.74. The highest BCUT2D eigenvalue weighted by atomic mass is 15.4. The Morgan fingerprint density at radius 2 is 1.09 bits per heavy atom. The first-order valence-corrected chi connectivity index (χ1v) is 18.8. The molecule has 4 N–H and O–H groups in total. The number of allylic oxidation sites excluding steroid dienone is 2. The van der Waals surface area contributed by atoms with Crippen molar-refractivity contribution in [3.05, 3.63) is 193 Å². The van der Waals surface area contributed by atoms with Crippen molar-refractivity contribution in [1.29, 1.82) is 0 Å². The van der Waals surface area contributed by atoms with Crippen LogP contribution in [0.25, 0.3) is 65.9 Å². The van der Waals surface area contributed by atoms with E-state index in [4.69, 9.17) is 0 Å². The topological polar surface area (TPSA) is 58.0 Å². The lowest BCUT2D eigenvalue weighted by Crippen LogP contribution is -2.60. The molecule has 2 aromatic heterocycles. The first-order valence-electron chi connectivity index (χ1n) is 18.8. The second-order valence-electron chi connectivity index (χ2n) is 14.4. The number of dihydropyridines is 1. The molecule has 0 bridgehead atoms. The first kappa shape index (κ1) is 31.1. The maximum absolute atomic E-state index is 3.90. The predicted octanol–water partition coefficient (Wildman–Crippen LogP) is 9.88. The number of nitrogens with one attached hydrogen (secondary N) is 4. The van der Waals surface area contributed by atoms with Crippen molar-refractivity contribution < 1.29 is 0 Å². The lowest BCUT2D eigenvalue weighted by molar-refractivity contribution is 0.220. The van der Waals surface area contributed by atoms with Gasteiger partial charge in [0.15, 0.2) is 0 Å². The Labute approximate surface area is 313 Å². The van der Waals surface area contributed by atoms with E-state index < -0.39 is 0 Å². The summed E-state index contributed by atoms with van der Waals surface area (Å²) in [4.78, 5) is 0. The average Bonchev–Trinajstić information content (AvgIpc) is 3.77. The number of fused-ring (bicyclic) bond motifs is 8. The SMILES string of the molecule is C1=C(C2NC(c3ccccc3)NC(c3ccc4ccccc4c3)N2)CNC(n2c3ccccc3c3c2ccc2c4ccccc4n(-c4ccccc4)c23)=C1. The molecule has 7 aromatic carbocycles. The highest BCUT2D eigenvalue weighted by molar-refractivity contribution is 6.26. The van der Waals surface area contributed by atoms with Crippen molar-refractivity contribution >= 4 is 60.2 Å². The fraction of sp³-hybridized carbons (Fsp3) is 0.0833. The van der Waals surface area contributed by atoms with E-state index in [1.807, 2.05) is 0 Å². The predicted molar refractivity (Wildman–Crippen MR) is 223 cm³/mol. The molecule has 260 valence electrons. The smallest absolute Gasteiger partial charge is 0.111 e. The molecule has 6 heteroatoms. The lowest BCUT2D eigenvalue weighted by atomic mass is 10.0. The summed E-state index contributed by atoms with van der Waals surface area (Å²) in [5.41, 5.74) is 9.64.